The van der Waals surface area contributed by atoms with Crippen molar-refractivity contribution in [1.29, 1.82) is 0 Å². The third-order valence-electron chi connectivity index (χ3n) is 3.35. The molecule has 2 heterocycles. The molecule has 0 atom stereocenters. The Labute approximate surface area is 148 Å². The number of rotatable bonds is 6. The number of imidazole rings is 1. The van der Waals surface area contributed by atoms with E-state index >= 15 is 0 Å². The average Bonchev–Trinajstić information content (AvgIpc) is 2.87. The zero-order valence-corrected chi connectivity index (χ0v) is 16.3. The number of hydrogen-bond donors (Lipinski definition) is 0. The predicted molar refractivity (Wildman–Crippen MR) is 92.3 cm³/mol. The topological polar surface area (TPSA) is 39.9 Å². The van der Waals surface area contributed by atoms with Crippen molar-refractivity contribution in [3.8, 4) is 11.4 Å². The first-order chi connectivity index (χ1) is 11.1. The second-order valence-corrected chi connectivity index (χ2v) is 13.0. The minimum Gasteiger partial charge on any atom is -0.361 e. The molecule has 9 heteroatoms. The maximum absolute atomic E-state index is 13.2. The summed E-state index contributed by atoms with van der Waals surface area (Å²) in [5.74, 6) is 0.190. The van der Waals surface area contributed by atoms with Crippen molar-refractivity contribution in [1.82, 2.24) is 14.5 Å². The lowest BCUT2D eigenvalue weighted by atomic mass is 10.3. The fraction of sp³-hybridized carbons (Fsp3) is 0.467. The van der Waals surface area contributed by atoms with Crippen LogP contribution in [0.15, 0.2) is 29.1 Å². The standard InChI is InChI=1S/C15H19BrF3N3OSi/c1-24(2,3)7-6-23-10-22-12(15(17,18)19)9-21-14(22)11-4-5-13(16)20-8-11/h4-5,8-9H,6-7,10H2,1-3H3. The second-order valence-electron chi connectivity index (χ2n) is 6.61. The van der Waals surface area contributed by atoms with Crippen molar-refractivity contribution >= 4 is 24.0 Å². The average molecular weight is 422 g/mol. The fourth-order valence-corrected chi connectivity index (χ4v) is 3.00. The monoisotopic (exact) mass is 421 g/mol. The molecule has 4 nitrogen and oxygen atoms in total. The molecule has 0 aliphatic rings. The Kier molecular flexibility index (Phi) is 5.87. The number of halogens is 4. The highest BCUT2D eigenvalue weighted by molar-refractivity contribution is 9.10. The van der Waals surface area contributed by atoms with E-state index in [2.05, 4.69) is 45.5 Å². The minimum atomic E-state index is -4.49. The van der Waals surface area contributed by atoms with Gasteiger partial charge in [0, 0.05) is 26.4 Å². The Morgan fingerprint density at radius 1 is 1.17 bits per heavy atom. The molecule has 0 saturated heterocycles. The Morgan fingerprint density at radius 2 is 1.88 bits per heavy atom. The lowest BCUT2D eigenvalue weighted by Crippen LogP contribution is -2.23. The van der Waals surface area contributed by atoms with E-state index in [0.717, 1.165) is 16.8 Å². The van der Waals surface area contributed by atoms with Crippen molar-refractivity contribution in [3.05, 3.63) is 34.8 Å². The van der Waals surface area contributed by atoms with E-state index in [4.69, 9.17) is 4.74 Å². The quantitative estimate of drug-likeness (QED) is 0.372. The van der Waals surface area contributed by atoms with Crippen LogP contribution in [0.4, 0.5) is 13.2 Å². The summed E-state index contributed by atoms with van der Waals surface area (Å²) in [6.45, 7) is 6.81. The summed E-state index contributed by atoms with van der Waals surface area (Å²) in [4.78, 5) is 7.97. The van der Waals surface area contributed by atoms with Gasteiger partial charge in [0.05, 0.1) is 6.20 Å². The van der Waals surface area contributed by atoms with Crippen LogP contribution in [-0.2, 0) is 17.6 Å². The SMILES string of the molecule is C[Si](C)(C)CCOCn1c(C(F)(F)F)cnc1-c1ccc(Br)nc1. The number of ether oxygens (including phenoxy) is 1. The molecule has 2 aromatic heterocycles. The van der Waals surface area contributed by atoms with E-state index in [9.17, 15) is 13.2 Å². The number of nitrogens with zero attached hydrogens (tertiary/aromatic N) is 3. The van der Waals surface area contributed by atoms with Gasteiger partial charge >= 0.3 is 6.18 Å². The van der Waals surface area contributed by atoms with E-state index in [-0.39, 0.29) is 12.6 Å². The van der Waals surface area contributed by atoms with Gasteiger partial charge in [-0.1, -0.05) is 19.6 Å². The van der Waals surface area contributed by atoms with Gasteiger partial charge in [-0.05, 0) is 34.1 Å². The van der Waals surface area contributed by atoms with Crippen molar-refractivity contribution < 1.29 is 17.9 Å². The van der Waals surface area contributed by atoms with Crippen LogP contribution in [0.3, 0.4) is 0 Å². The Hall–Kier alpha value is -1.19. The van der Waals surface area contributed by atoms with Gasteiger partial charge in [0.15, 0.2) is 0 Å². The highest BCUT2D eigenvalue weighted by atomic mass is 79.9. The Morgan fingerprint density at radius 3 is 2.42 bits per heavy atom. The minimum absolute atomic E-state index is 0.190. The first-order valence-electron chi connectivity index (χ1n) is 7.40. The molecule has 0 spiro atoms. The van der Waals surface area contributed by atoms with Crippen LogP contribution in [-0.4, -0.2) is 29.2 Å². The summed E-state index contributed by atoms with van der Waals surface area (Å²) in [5.41, 5.74) is -0.323. The van der Waals surface area contributed by atoms with E-state index in [1.807, 2.05) is 0 Å². The van der Waals surface area contributed by atoms with Gasteiger partial charge in [-0.3, -0.25) is 4.57 Å². The molecule has 0 N–H and O–H groups in total. The van der Waals surface area contributed by atoms with E-state index in [1.165, 1.54) is 6.20 Å². The lowest BCUT2D eigenvalue weighted by molar-refractivity contribution is -0.145. The van der Waals surface area contributed by atoms with Crippen LogP contribution in [0.25, 0.3) is 11.4 Å². The van der Waals surface area contributed by atoms with Gasteiger partial charge < -0.3 is 4.74 Å². The van der Waals surface area contributed by atoms with Crippen LogP contribution in [0.1, 0.15) is 5.69 Å². The summed E-state index contributed by atoms with van der Waals surface area (Å²) in [5, 5.41) is 0. The van der Waals surface area contributed by atoms with Gasteiger partial charge in [-0.2, -0.15) is 13.2 Å². The summed E-state index contributed by atoms with van der Waals surface area (Å²) < 4.78 is 46.8. The van der Waals surface area contributed by atoms with E-state index in [0.29, 0.717) is 16.8 Å². The van der Waals surface area contributed by atoms with Gasteiger partial charge in [0.2, 0.25) is 0 Å². The predicted octanol–water partition coefficient (Wildman–Crippen LogP) is 5.04. The molecule has 2 aromatic rings. The highest BCUT2D eigenvalue weighted by Crippen LogP contribution is 2.32. The summed E-state index contributed by atoms with van der Waals surface area (Å²) in [6.07, 6.45) is -2.18. The molecule has 0 bridgehead atoms. The summed E-state index contributed by atoms with van der Waals surface area (Å²) in [7, 11) is -1.30. The molecular weight excluding hydrogens is 403 g/mol. The van der Waals surface area contributed by atoms with Gasteiger partial charge in [0.1, 0.15) is 22.9 Å². The normalized spacial score (nSPS) is 12.6. The number of pyridine rings is 1. The largest absolute Gasteiger partial charge is 0.433 e. The molecule has 0 unspecified atom stereocenters. The maximum atomic E-state index is 13.2. The lowest BCUT2D eigenvalue weighted by Gasteiger charge is -2.17. The van der Waals surface area contributed by atoms with Crippen molar-refractivity contribution in [2.45, 2.75) is 38.6 Å². The fourth-order valence-electron chi connectivity index (χ4n) is 2.01. The third-order valence-corrected chi connectivity index (χ3v) is 5.52. The van der Waals surface area contributed by atoms with Gasteiger partial charge in [0.25, 0.3) is 0 Å². The summed E-state index contributed by atoms with van der Waals surface area (Å²) in [6, 6.07) is 4.21. The summed E-state index contributed by atoms with van der Waals surface area (Å²) >= 11 is 3.20. The van der Waals surface area contributed by atoms with Crippen molar-refractivity contribution in [2.24, 2.45) is 0 Å². The Balaban J connectivity index is 2.25. The van der Waals surface area contributed by atoms with Crippen molar-refractivity contribution in [3.63, 3.8) is 0 Å². The molecule has 0 saturated carbocycles. The first-order valence-corrected chi connectivity index (χ1v) is 11.9. The van der Waals surface area contributed by atoms with Crippen LogP contribution >= 0.6 is 15.9 Å². The zero-order valence-electron chi connectivity index (χ0n) is 13.7. The van der Waals surface area contributed by atoms with Gasteiger partial charge in [-0.15, -0.1) is 0 Å². The third kappa shape index (κ3) is 5.15. The molecule has 0 aliphatic heterocycles. The molecule has 0 fully saturated rings. The van der Waals surface area contributed by atoms with Crippen LogP contribution in [0.2, 0.25) is 25.7 Å². The van der Waals surface area contributed by atoms with E-state index in [1.54, 1.807) is 12.1 Å². The molecule has 0 amide bonds. The molecule has 0 radical (unpaired) electrons. The van der Waals surface area contributed by atoms with Crippen molar-refractivity contribution in [2.75, 3.05) is 6.61 Å². The van der Waals surface area contributed by atoms with E-state index < -0.39 is 19.9 Å². The first kappa shape index (κ1) is 19.1. The molecule has 2 rings (SSSR count). The number of aromatic nitrogens is 3. The molecule has 132 valence electrons. The molecule has 0 aromatic carbocycles. The van der Waals surface area contributed by atoms with Gasteiger partial charge in [-0.25, -0.2) is 9.97 Å². The zero-order chi connectivity index (χ0) is 18.0. The molecule has 24 heavy (non-hydrogen) atoms. The Bertz CT molecular complexity index is 681. The van der Waals surface area contributed by atoms with Crippen LogP contribution in [0.5, 0.6) is 0 Å². The second kappa shape index (κ2) is 7.36. The van der Waals surface area contributed by atoms with Crippen LogP contribution in [0, 0.1) is 0 Å². The molecule has 0 aliphatic carbocycles. The van der Waals surface area contributed by atoms with Crippen LogP contribution < -0.4 is 0 Å². The number of alkyl halides is 3. The number of hydrogen-bond acceptors (Lipinski definition) is 3. The highest BCUT2D eigenvalue weighted by Gasteiger charge is 2.36. The molecular formula is C15H19BrF3N3OSi. The maximum Gasteiger partial charge on any atom is 0.433 e. The smallest absolute Gasteiger partial charge is 0.361 e.